The van der Waals surface area contributed by atoms with Crippen molar-refractivity contribution in [1.29, 1.82) is 0 Å². The summed E-state index contributed by atoms with van der Waals surface area (Å²) in [4.78, 5) is 41.9. The first-order valence-corrected chi connectivity index (χ1v) is 10.9. The van der Waals surface area contributed by atoms with Gasteiger partial charge in [0.2, 0.25) is 11.8 Å². The van der Waals surface area contributed by atoms with Crippen molar-refractivity contribution < 1.29 is 14.4 Å². The Kier molecular flexibility index (Phi) is 7.69. The van der Waals surface area contributed by atoms with Crippen LogP contribution in [0, 0.1) is 5.92 Å². The van der Waals surface area contributed by atoms with E-state index in [-0.39, 0.29) is 23.6 Å². The molecule has 0 radical (unpaired) electrons. The van der Waals surface area contributed by atoms with Gasteiger partial charge >= 0.3 is 0 Å². The zero-order chi connectivity index (χ0) is 22.4. The smallest absolute Gasteiger partial charge is 0.254 e. The molecule has 1 saturated heterocycles. The predicted molar refractivity (Wildman–Crippen MR) is 121 cm³/mol. The molecule has 3 amide bonds. The molecule has 0 spiro atoms. The molecule has 0 bridgehead atoms. The highest BCUT2D eigenvalue weighted by molar-refractivity contribution is 6.30. The van der Waals surface area contributed by atoms with E-state index in [9.17, 15) is 14.4 Å². The van der Waals surface area contributed by atoms with Crippen LogP contribution >= 0.6 is 11.6 Å². The zero-order valence-electron chi connectivity index (χ0n) is 17.9. The summed E-state index contributed by atoms with van der Waals surface area (Å²) in [7, 11) is 0. The number of halogens is 1. The lowest BCUT2D eigenvalue weighted by Gasteiger charge is -2.36. The van der Waals surface area contributed by atoms with E-state index in [1.165, 1.54) is 0 Å². The maximum absolute atomic E-state index is 13.3. The lowest BCUT2D eigenvalue weighted by atomic mass is 10.0. The van der Waals surface area contributed by atoms with Gasteiger partial charge in [0.1, 0.15) is 6.04 Å². The Balaban J connectivity index is 1.67. The monoisotopic (exact) mass is 441 g/mol. The van der Waals surface area contributed by atoms with Crippen molar-refractivity contribution in [3.63, 3.8) is 0 Å². The number of carbonyl (C=O) groups excluding carboxylic acids is 3. The average Bonchev–Trinajstić information content (AvgIpc) is 2.77. The van der Waals surface area contributed by atoms with Gasteiger partial charge in [-0.05, 0) is 29.7 Å². The van der Waals surface area contributed by atoms with E-state index in [4.69, 9.17) is 11.6 Å². The van der Waals surface area contributed by atoms with Gasteiger partial charge in [-0.25, -0.2) is 0 Å². The topological polar surface area (TPSA) is 69.7 Å². The number of nitrogens with one attached hydrogen (secondary N) is 1. The molecular weight excluding hydrogens is 414 g/mol. The first kappa shape index (κ1) is 22.8. The summed E-state index contributed by atoms with van der Waals surface area (Å²) in [5, 5.41) is 3.42. The van der Waals surface area contributed by atoms with Crippen LogP contribution in [0.1, 0.15) is 42.2 Å². The second kappa shape index (κ2) is 10.4. The summed E-state index contributed by atoms with van der Waals surface area (Å²) in [5.74, 6) is -0.197. The van der Waals surface area contributed by atoms with Gasteiger partial charge in [0.05, 0.1) is 0 Å². The fourth-order valence-corrected chi connectivity index (χ4v) is 3.83. The van der Waals surface area contributed by atoms with Crippen molar-refractivity contribution in [1.82, 2.24) is 15.1 Å². The molecule has 31 heavy (non-hydrogen) atoms. The highest BCUT2D eigenvalue weighted by Crippen LogP contribution is 2.19. The number of carbonyl (C=O) groups is 3. The number of amides is 3. The second-order valence-electron chi connectivity index (χ2n) is 8.14. The summed E-state index contributed by atoms with van der Waals surface area (Å²) < 4.78 is 0. The molecule has 2 aromatic rings. The van der Waals surface area contributed by atoms with Crippen LogP contribution < -0.4 is 5.32 Å². The van der Waals surface area contributed by atoms with Gasteiger partial charge in [0.15, 0.2) is 0 Å². The molecule has 2 aromatic carbocycles. The van der Waals surface area contributed by atoms with Gasteiger partial charge in [0, 0.05) is 43.2 Å². The summed E-state index contributed by atoms with van der Waals surface area (Å²) in [6, 6.07) is 15.4. The van der Waals surface area contributed by atoms with E-state index < -0.39 is 6.04 Å². The number of benzene rings is 2. The van der Waals surface area contributed by atoms with Crippen molar-refractivity contribution in [3.8, 4) is 0 Å². The van der Waals surface area contributed by atoms with Crippen molar-refractivity contribution in [3.05, 3.63) is 70.7 Å². The highest BCUT2D eigenvalue weighted by Gasteiger charge is 2.31. The Morgan fingerprint density at radius 3 is 2.19 bits per heavy atom. The van der Waals surface area contributed by atoms with Gasteiger partial charge < -0.3 is 15.1 Å². The van der Waals surface area contributed by atoms with Crippen LogP contribution in [0.5, 0.6) is 0 Å². The van der Waals surface area contributed by atoms with E-state index in [1.54, 1.807) is 34.1 Å². The molecule has 1 aliphatic rings. The third-order valence-electron chi connectivity index (χ3n) is 5.23. The lowest BCUT2D eigenvalue weighted by Crippen LogP contribution is -2.53. The van der Waals surface area contributed by atoms with Crippen LogP contribution in [0.2, 0.25) is 5.02 Å². The van der Waals surface area contributed by atoms with Crippen molar-refractivity contribution in [2.45, 2.75) is 26.3 Å². The van der Waals surface area contributed by atoms with Crippen molar-refractivity contribution in [2.75, 3.05) is 26.2 Å². The van der Waals surface area contributed by atoms with E-state index in [0.29, 0.717) is 43.2 Å². The normalized spacial score (nSPS) is 15.0. The van der Waals surface area contributed by atoms with Crippen LogP contribution in [0.4, 0.5) is 0 Å². The minimum absolute atomic E-state index is 0.0977. The molecule has 0 aromatic heterocycles. The van der Waals surface area contributed by atoms with Crippen LogP contribution in [-0.4, -0.2) is 53.7 Å². The number of rotatable bonds is 6. The maximum atomic E-state index is 13.3. The quantitative estimate of drug-likeness (QED) is 0.745. The molecule has 6 nitrogen and oxygen atoms in total. The predicted octanol–water partition coefficient (Wildman–Crippen LogP) is 3.53. The molecule has 164 valence electrons. The summed E-state index contributed by atoms with van der Waals surface area (Å²) in [5.41, 5.74) is 1.29. The molecule has 1 heterocycles. The number of hydrogen-bond acceptors (Lipinski definition) is 3. The molecule has 0 aliphatic carbocycles. The summed E-state index contributed by atoms with van der Waals surface area (Å²) >= 11 is 6.00. The summed E-state index contributed by atoms with van der Waals surface area (Å²) in [6.45, 7) is 5.62. The Hall–Kier alpha value is -2.86. The Morgan fingerprint density at radius 1 is 0.935 bits per heavy atom. The van der Waals surface area contributed by atoms with Crippen molar-refractivity contribution in [2.24, 2.45) is 5.92 Å². The van der Waals surface area contributed by atoms with E-state index >= 15 is 0 Å². The number of piperazine rings is 1. The minimum atomic E-state index is -0.734. The Bertz CT molecular complexity index is 925. The standard InChI is InChI=1S/C24H28ClN3O3/c1-17(2)15-21(29)26-22(18-7-4-3-5-8-18)24(31)28-13-11-27(12-14-28)23(30)19-9-6-10-20(25)16-19/h3-10,16-17,22H,11-15H2,1-2H3,(H,26,29). The largest absolute Gasteiger partial charge is 0.341 e. The van der Waals surface area contributed by atoms with Crippen LogP contribution in [0.3, 0.4) is 0 Å². The van der Waals surface area contributed by atoms with E-state index in [1.807, 2.05) is 44.2 Å². The van der Waals surface area contributed by atoms with E-state index in [2.05, 4.69) is 5.32 Å². The fraction of sp³-hybridized carbons (Fsp3) is 0.375. The minimum Gasteiger partial charge on any atom is -0.341 e. The highest BCUT2D eigenvalue weighted by atomic mass is 35.5. The van der Waals surface area contributed by atoms with Gasteiger partial charge in [-0.1, -0.05) is 61.8 Å². The first-order chi connectivity index (χ1) is 14.8. The molecule has 0 saturated carbocycles. The average molecular weight is 442 g/mol. The van der Waals surface area contributed by atoms with Gasteiger partial charge in [0.25, 0.3) is 5.91 Å². The van der Waals surface area contributed by atoms with Crippen LogP contribution in [0.15, 0.2) is 54.6 Å². The van der Waals surface area contributed by atoms with E-state index in [0.717, 1.165) is 5.56 Å². The third-order valence-corrected chi connectivity index (χ3v) is 5.46. The maximum Gasteiger partial charge on any atom is 0.254 e. The molecule has 1 fully saturated rings. The van der Waals surface area contributed by atoms with Gasteiger partial charge in [-0.15, -0.1) is 0 Å². The van der Waals surface area contributed by atoms with Crippen LogP contribution in [-0.2, 0) is 9.59 Å². The molecule has 1 aliphatic heterocycles. The van der Waals surface area contributed by atoms with Gasteiger partial charge in [-0.3, -0.25) is 14.4 Å². The van der Waals surface area contributed by atoms with Crippen LogP contribution in [0.25, 0.3) is 0 Å². The zero-order valence-corrected chi connectivity index (χ0v) is 18.6. The third kappa shape index (κ3) is 6.07. The SMILES string of the molecule is CC(C)CC(=O)NC(C(=O)N1CCN(C(=O)c2cccc(Cl)c2)CC1)c1ccccc1. The molecule has 3 rings (SSSR count). The number of hydrogen-bond donors (Lipinski definition) is 1. The van der Waals surface area contributed by atoms with Crippen molar-refractivity contribution >= 4 is 29.3 Å². The lowest BCUT2D eigenvalue weighted by molar-refractivity contribution is -0.138. The molecule has 7 heteroatoms. The fourth-order valence-electron chi connectivity index (χ4n) is 3.64. The summed E-state index contributed by atoms with van der Waals surface area (Å²) in [6.07, 6.45) is 0.360. The first-order valence-electron chi connectivity index (χ1n) is 10.5. The molecule has 1 unspecified atom stereocenters. The van der Waals surface area contributed by atoms with Gasteiger partial charge in [-0.2, -0.15) is 0 Å². The molecular formula is C24H28ClN3O3. The second-order valence-corrected chi connectivity index (χ2v) is 8.57. The Labute approximate surface area is 188 Å². The molecule has 1 atom stereocenters. The molecule has 1 N–H and O–H groups in total. The number of nitrogens with zero attached hydrogens (tertiary/aromatic N) is 2. The Morgan fingerprint density at radius 2 is 1.58 bits per heavy atom.